The lowest BCUT2D eigenvalue weighted by Gasteiger charge is -2.24. The summed E-state index contributed by atoms with van der Waals surface area (Å²) in [4.78, 5) is 9.86. The van der Waals surface area contributed by atoms with Crippen molar-refractivity contribution in [3.63, 3.8) is 0 Å². The lowest BCUT2D eigenvalue weighted by atomic mass is 9.82. The molecule has 1 rings (SSSR count). The van der Waals surface area contributed by atoms with Crippen LogP contribution in [0.4, 0.5) is 0 Å². The van der Waals surface area contributed by atoms with Gasteiger partial charge in [0.1, 0.15) is 32.2 Å². The lowest BCUT2D eigenvalue weighted by molar-refractivity contribution is -0.0418. The molecule has 1 fully saturated rings. The summed E-state index contributed by atoms with van der Waals surface area (Å²) in [6.07, 6.45) is -1.96. The first-order chi connectivity index (χ1) is 5.50. The number of nitrogens with zero attached hydrogens (tertiary/aromatic N) is 1. The third-order valence-electron chi connectivity index (χ3n) is 2.10. The molecule has 12 heavy (non-hydrogen) atoms. The Morgan fingerprint density at radius 1 is 1.75 bits per heavy atom. The summed E-state index contributed by atoms with van der Waals surface area (Å²) in [5.74, 6) is 0. The summed E-state index contributed by atoms with van der Waals surface area (Å²) < 4.78 is 4.91. The van der Waals surface area contributed by atoms with Crippen molar-refractivity contribution in [1.82, 2.24) is 0 Å². The van der Waals surface area contributed by atoms with Crippen LogP contribution in [0.2, 0.25) is 0 Å². The first-order valence-electron chi connectivity index (χ1n) is 3.60. The van der Waals surface area contributed by atoms with E-state index < -0.39 is 23.8 Å². The maximum Gasteiger partial charge on any atom is 0.113 e. The summed E-state index contributed by atoms with van der Waals surface area (Å²) >= 11 is 0. The van der Waals surface area contributed by atoms with Gasteiger partial charge in [-0.15, -0.1) is 0 Å². The van der Waals surface area contributed by atoms with Crippen molar-refractivity contribution >= 4 is 7.85 Å². The van der Waals surface area contributed by atoms with Gasteiger partial charge in [-0.25, -0.2) is 0 Å². The van der Waals surface area contributed by atoms with Crippen molar-refractivity contribution in [2.75, 3.05) is 6.54 Å². The minimum atomic E-state index is -1.50. The van der Waals surface area contributed by atoms with Crippen molar-refractivity contribution in [1.29, 1.82) is 0 Å². The monoisotopic (exact) mass is 171 g/mol. The fourth-order valence-electron chi connectivity index (χ4n) is 1.16. The molecular weight excluding hydrogens is 161 g/mol. The van der Waals surface area contributed by atoms with Gasteiger partial charge >= 0.3 is 0 Å². The molecule has 66 valence electrons. The van der Waals surface area contributed by atoms with Gasteiger partial charge in [0.25, 0.3) is 0 Å². The largest absolute Gasteiger partial charge is 0.387 e. The van der Waals surface area contributed by atoms with E-state index in [0.717, 1.165) is 0 Å². The Balaban J connectivity index is 2.68. The first kappa shape index (κ1) is 9.63. The molecule has 1 aliphatic heterocycles. The minimum Gasteiger partial charge on any atom is -0.387 e. The van der Waals surface area contributed by atoms with Crippen molar-refractivity contribution < 1.29 is 14.9 Å². The zero-order chi connectivity index (χ0) is 9.35. The smallest absolute Gasteiger partial charge is 0.113 e. The zero-order valence-electron chi connectivity index (χ0n) is 6.67. The Morgan fingerprint density at radius 2 is 2.33 bits per heavy atom. The Bertz CT molecular complexity index is 186. The van der Waals surface area contributed by atoms with E-state index in [1.807, 2.05) is 0 Å². The standard InChI is InChI=1S/C6H10BNO4/c1-6(10)4(9)3(2-8-11)12-5(6)7/h3-5,9-10H,2H2,1H3/t3-,4-,5-,6-/m1/s1. The van der Waals surface area contributed by atoms with Gasteiger partial charge in [-0.2, -0.15) is 4.91 Å². The molecule has 5 nitrogen and oxygen atoms in total. The normalized spacial score (nSPS) is 47.8. The van der Waals surface area contributed by atoms with Crippen LogP contribution in [0.15, 0.2) is 5.18 Å². The molecule has 0 aromatic carbocycles. The van der Waals surface area contributed by atoms with Crippen molar-refractivity contribution in [2.45, 2.75) is 30.7 Å². The summed E-state index contributed by atoms with van der Waals surface area (Å²) in [5, 5.41) is 21.4. The van der Waals surface area contributed by atoms with Gasteiger partial charge in [0, 0.05) is 6.00 Å². The number of hydrogen-bond acceptors (Lipinski definition) is 5. The number of rotatable bonds is 2. The molecule has 4 atom stereocenters. The highest BCUT2D eigenvalue weighted by Gasteiger charge is 2.49. The van der Waals surface area contributed by atoms with E-state index in [9.17, 15) is 15.1 Å². The van der Waals surface area contributed by atoms with Gasteiger partial charge in [0.05, 0.1) is 0 Å². The third kappa shape index (κ3) is 1.37. The van der Waals surface area contributed by atoms with Gasteiger partial charge in [0.15, 0.2) is 0 Å². The van der Waals surface area contributed by atoms with Gasteiger partial charge < -0.3 is 14.9 Å². The van der Waals surface area contributed by atoms with Gasteiger partial charge in [-0.3, -0.25) is 0 Å². The Kier molecular flexibility index (Phi) is 2.50. The van der Waals surface area contributed by atoms with E-state index in [2.05, 4.69) is 5.18 Å². The fraction of sp³-hybridized carbons (Fsp3) is 1.00. The van der Waals surface area contributed by atoms with Gasteiger partial charge in [0.2, 0.25) is 0 Å². The maximum absolute atomic E-state index is 9.86. The molecule has 2 radical (unpaired) electrons. The van der Waals surface area contributed by atoms with Crippen molar-refractivity contribution in [2.24, 2.45) is 5.18 Å². The molecule has 0 unspecified atom stereocenters. The number of nitroso groups, excluding NO2 is 1. The number of aliphatic hydroxyl groups is 2. The third-order valence-corrected chi connectivity index (χ3v) is 2.10. The highest BCUT2D eigenvalue weighted by atomic mass is 16.5. The molecule has 6 heteroatoms. The molecule has 0 bridgehead atoms. The quantitative estimate of drug-likeness (QED) is 0.402. The summed E-state index contributed by atoms with van der Waals surface area (Å²) in [7, 11) is 5.35. The highest BCUT2D eigenvalue weighted by molar-refractivity contribution is 6.12. The molecule has 0 spiro atoms. The number of aliphatic hydroxyl groups excluding tert-OH is 1. The fourth-order valence-corrected chi connectivity index (χ4v) is 1.16. The molecule has 1 saturated heterocycles. The maximum atomic E-state index is 9.86. The highest BCUT2D eigenvalue weighted by Crippen LogP contribution is 2.29. The van der Waals surface area contributed by atoms with Crippen LogP contribution in [-0.4, -0.2) is 48.4 Å². The van der Waals surface area contributed by atoms with Crippen LogP contribution in [-0.2, 0) is 4.74 Å². The van der Waals surface area contributed by atoms with E-state index in [1.54, 1.807) is 0 Å². The molecule has 0 aliphatic carbocycles. The summed E-state index contributed by atoms with van der Waals surface area (Å²) in [5.41, 5.74) is -1.50. The number of ether oxygens (including phenoxy) is 1. The predicted octanol–water partition coefficient (Wildman–Crippen LogP) is -1.24. The van der Waals surface area contributed by atoms with Crippen LogP contribution < -0.4 is 0 Å². The second-order valence-corrected chi connectivity index (χ2v) is 3.08. The lowest BCUT2D eigenvalue weighted by Crippen LogP contribution is -2.45. The first-order valence-corrected chi connectivity index (χ1v) is 3.60. The van der Waals surface area contributed by atoms with E-state index in [4.69, 9.17) is 12.6 Å². The van der Waals surface area contributed by atoms with Crippen LogP contribution in [0.1, 0.15) is 6.92 Å². The Labute approximate surface area is 71.1 Å². The Hall–Kier alpha value is -0.455. The van der Waals surface area contributed by atoms with Crippen LogP contribution >= 0.6 is 0 Å². The molecule has 2 N–H and O–H groups in total. The predicted molar refractivity (Wildman–Crippen MR) is 41.7 cm³/mol. The molecule has 0 aromatic rings. The molecule has 1 heterocycles. The van der Waals surface area contributed by atoms with Gasteiger partial charge in [-0.05, 0) is 6.92 Å². The van der Waals surface area contributed by atoms with E-state index >= 15 is 0 Å². The average molecular weight is 171 g/mol. The number of hydrogen-bond donors (Lipinski definition) is 2. The van der Waals surface area contributed by atoms with Crippen molar-refractivity contribution in [3.05, 3.63) is 4.91 Å². The Morgan fingerprint density at radius 3 is 2.67 bits per heavy atom. The summed E-state index contributed by atoms with van der Waals surface area (Å²) in [6.45, 7) is 1.15. The van der Waals surface area contributed by atoms with E-state index in [-0.39, 0.29) is 6.54 Å². The molecule has 0 aromatic heterocycles. The molecule has 0 saturated carbocycles. The van der Waals surface area contributed by atoms with Crippen LogP contribution in [0, 0.1) is 4.91 Å². The van der Waals surface area contributed by atoms with Crippen LogP contribution in [0.5, 0.6) is 0 Å². The molecule has 0 amide bonds. The zero-order valence-corrected chi connectivity index (χ0v) is 6.67. The van der Waals surface area contributed by atoms with Gasteiger partial charge in [-0.1, -0.05) is 5.18 Å². The van der Waals surface area contributed by atoms with Crippen molar-refractivity contribution in [3.8, 4) is 0 Å². The molecule has 1 aliphatic rings. The van der Waals surface area contributed by atoms with Crippen LogP contribution in [0.3, 0.4) is 0 Å². The summed E-state index contributed by atoms with van der Waals surface area (Å²) in [6, 6.07) is -0.973. The minimum absolute atomic E-state index is 0.203. The topological polar surface area (TPSA) is 79.1 Å². The van der Waals surface area contributed by atoms with E-state index in [0.29, 0.717) is 0 Å². The SMILES string of the molecule is [B][C@@H]1O[C@H](CN=O)[C@@H](O)[C@@]1(C)O. The van der Waals surface area contributed by atoms with Crippen LogP contribution in [0.25, 0.3) is 0 Å². The van der Waals surface area contributed by atoms with E-state index in [1.165, 1.54) is 6.92 Å². The molecular formula is C6H10BNO4. The second kappa shape index (κ2) is 3.12. The second-order valence-electron chi connectivity index (χ2n) is 3.08. The average Bonchev–Trinajstić information content (AvgIpc) is 2.17.